The number of fused-ring (bicyclic) bond motifs is 1. The zero-order valence-corrected chi connectivity index (χ0v) is 15.4. The molecular weight excluding hydrogens is 356 g/mol. The summed E-state index contributed by atoms with van der Waals surface area (Å²) in [5.41, 5.74) is 9.13. The maximum absolute atomic E-state index is 12.7. The number of aromatic nitrogens is 2. The fraction of sp³-hybridized carbons (Fsp3) is 0.190. The van der Waals surface area contributed by atoms with Crippen LogP contribution in [0.4, 0.5) is 0 Å². The lowest BCUT2D eigenvalue weighted by Crippen LogP contribution is -2.42. The number of hydrazine groups is 1. The van der Waals surface area contributed by atoms with Gasteiger partial charge in [0, 0.05) is 11.3 Å². The van der Waals surface area contributed by atoms with E-state index in [1.54, 1.807) is 12.1 Å². The van der Waals surface area contributed by atoms with Gasteiger partial charge < -0.3 is 5.11 Å². The van der Waals surface area contributed by atoms with Crippen molar-refractivity contribution in [2.24, 2.45) is 0 Å². The van der Waals surface area contributed by atoms with Crippen molar-refractivity contribution < 1.29 is 14.7 Å². The topological polar surface area (TPSA) is 96.3 Å². The highest BCUT2D eigenvalue weighted by molar-refractivity contribution is 6.00. The SMILES string of the molecule is Cc1ccc(-n2nc(C(=O)NNC(=O)c3ccccc3O)c3c2CCC3)cc1. The van der Waals surface area contributed by atoms with Gasteiger partial charge >= 0.3 is 0 Å². The van der Waals surface area contributed by atoms with Gasteiger partial charge in [-0.05, 0) is 50.5 Å². The van der Waals surface area contributed by atoms with E-state index < -0.39 is 11.8 Å². The number of phenols is 1. The molecule has 3 aromatic rings. The normalized spacial score (nSPS) is 12.5. The molecular formula is C21H20N4O3. The zero-order valence-electron chi connectivity index (χ0n) is 15.4. The Morgan fingerprint density at radius 1 is 1.00 bits per heavy atom. The molecule has 1 heterocycles. The minimum atomic E-state index is -0.596. The second-order valence-corrected chi connectivity index (χ2v) is 6.80. The molecule has 0 radical (unpaired) electrons. The van der Waals surface area contributed by atoms with Gasteiger partial charge in [0.1, 0.15) is 5.75 Å². The monoisotopic (exact) mass is 376 g/mol. The Morgan fingerprint density at radius 3 is 2.46 bits per heavy atom. The van der Waals surface area contributed by atoms with Crippen molar-refractivity contribution in [3.8, 4) is 11.4 Å². The van der Waals surface area contributed by atoms with Crippen LogP contribution in [0.1, 0.15) is 44.1 Å². The van der Waals surface area contributed by atoms with Crippen molar-refractivity contribution >= 4 is 11.8 Å². The van der Waals surface area contributed by atoms with Gasteiger partial charge in [0.2, 0.25) is 0 Å². The maximum Gasteiger partial charge on any atom is 0.290 e. The Bertz CT molecular complexity index is 1050. The van der Waals surface area contributed by atoms with Gasteiger partial charge in [0.15, 0.2) is 5.69 Å². The van der Waals surface area contributed by atoms with Crippen LogP contribution in [-0.2, 0) is 12.8 Å². The number of aryl methyl sites for hydroxylation is 1. The molecule has 0 spiro atoms. The van der Waals surface area contributed by atoms with Crippen LogP contribution in [0.25, 0.3) is 5.69 Å². The number of hydrogen-bond donors (Lipinski definition) is 3. The Morgan fingerprint density at radius 2 is 1.71 bits per heavy atom. The molecule has 0 saturated carbocycles. The summed E-state index contributed by atoms with van der Waals surface area (Å²) in [4.78, 5) is 24.8. The molecule has 3 N–H and O–H groups in total. The largest absolute Gasteiger partial charge is 0.507 e. The van der Waals surface area contributed by atoms with E-state index in [0.717, 1.165) is 41.8 Å². The number of rotatable bonds is 3. The van der Waals surface area contributed by atoms with Crippen LogP contribution < -0.4 is 10.9 Å². The standard InChI is InChI=1S/C21H20N4O3/c1-13-9-11-14(12-10-13)25-17-7-4-6-15(17)19(24-25)21(28)23-22-20(27)16-5-2-3-8-18(16)26/h2-3,5,8-12,26H,4,6-7H2,1H3,(H,22,27)(H,23,28). The molecule has 7 nitrogen and oxygen atoms in total. The summed E-state index contributed by atoms with van der Waals surface area (Å²) in [6.07, 6.45) is 2.59. The zero-order chi connectivity index (χ0) is 19.7. The molecule has 2 aromatic carbocycles. The number of benzene rings is 2. The first-order chi connectivity index (χ1) is 13.5. The molecule has 0 saturated heterocycles. The summed E-state index contributed by atoms with van der Waals surface area (Å²) < 4.78 is 1.81. The van der Waals surface area contributed by atoms with Crippen LogP contribution in [0.5, 0.6) is 5.75 Å². The lowest BCUT2D eigenvalue weighted by Gasteiger charge is -2.08. The minimum absolute atomic E-state index is 0.0817. The Hall–Kier alpha value is -3.61. The summed E-state index contributed by atoms with van der Waals surface area (Å²) in [6, 6.07) is 14.1. The van der Waals surface area contributed by atoms with Crippen molar-refractivity contribution in [2.75, 3.05) is 0 Å². The highest BCUT2D eigenvalue weighted by atomic mass is 16.3. The van der Waals surface area contributed by atoms with Crippen LogP contribution >= 0.6 is 0 Å². The Labute approximate surface area is 162 Å². The second kappa shape index (κ2) is 7.19. The first kappa shape index (κ1) is 17.8. The number of amides is 2. The molecule has 0 atom stereocenters. The first-order valence-electron chi connectivity index (χ1n) is 9.11. The fourth-order valence-corrected chi connectivity index (χ4v) is 3.43. The number of carbonyl (C=O) groups is 2. The van der Waals surface area contributed by atoms with Crippen molar-refractivity contribution in [1.82, 2.24) is 20.6 Å². The van der Waals surface area contributed by atoms with E-state index in [0.29, 0.717) is 5.69 Å². The van der Waals surface area contributed by atoms with Crippen LogP contribution in [0.3, 0.4) is 0 Å². The average molecular weight is 376 g/mol. The quantitative estimate of drug-likeness (QED) is 0.612. The van der Waals surface area contributed by atoms with Gasteiger partial charge in [-0.3, -0.25) is 20.4 Å². The summed E-state index contributed by atoms with van der Waals surface area (Å²) in [6.45, 7) is 2.02. The second-order valence-electron chi connectivity index (χ2n) is 6.80. The molecule has 2 amide bonds. The van der Waals surface area contributed by atoms with Gasteiger partial charge in [-0.2, -0.15) is 5.10 Å². The van der Waals surface area contributed by atoms with E-state index in [-0.39, 0.29) is 11.3 Å². The van der Waals surface area contributed by atoms with Crippen molar-refractivity contribution in [3.63, 3.8) is 0 Å². The summed E-state index contributed by atoms with van der Waals surface area (Å²) in [5, 5.41) is 14.3. The van der Waals surface area contributed by atoms with E-state index in [9.17, 15) is 14.7 Å². The lowest BCUT2D eigenvalue weighted by molar-refractivity contribution is 0.0841. The van der Waals surface area contributed by atoms with E-state index in [1.165, 1.54) is 12.1 Å². The molecule has 0 unspecified atom stereocenters. The molecule has 4 rings (SSSR count). The number of nitrogens with zero attached hydrogens (tertiary/aromatic N) is 2. The third-order valence-electron chi connectivity index (χ3n) is 4.86. The van der Waals surface area contributed by atoms with Gasteiger partial charge in [-0.15, -0.1) is 0 Å². The van der Waals surface area contributed by atoms with E-state index >= 15 is 0 Å². The number of hydrogen-bond acceptors (Lipinski definition) is 4. The molecule has 142 valence electrons. The van der Waals surface area contributed by atoms with Crippen molar-refractivity contribution in [1.29, 1.82) is 0 Å². The van der Waals surface area contributed by atoms with Gasteiger partial charge in [0.25, 0.3) is 11.8 Å². The predicted molar refractivity (Wildman–Crippen MR) is 103 cm³/mol. The number of para-hydroxylation sites is 1. The number of carbonyl (C=O) groups excluding carboxylic acids is 2. The molecule has 28 heavy (non-hydrogen) atoms. The Balaban J connectivity index is 1.55. The summed E-state index contributed by atoms with van der Waals surface area (Å²) in [5.74, 6) is -1.23. The number of nitrogens with one attached hydrogen (secondary N) is 2. The highest BCUT2D eigenvalue weighted by Gasteiger charge is 2.27. The molecule has 7 heteroatoms. The van der Waals surface area contributed by atoms with E-state index in [2.05, 4.69) is 16.0 Å². The highest BCUT2D eigenvalue weighted by Crippen LogP contribution is 2.28. The fourth-order valence-electron chi connectivity index (χ4n) is 3.43. The van der Waals surface area contributed by atoms with Gasteiger partial charge in [0.05, 0.1) is 11.3 Å². The number of phenolic OH excluding ortho intramolecular Hbond substituents is 1. The number of aromatic hydroxyl groups is 1. The molecule has 1 aromatic heterocycles. The van der Waals surface area contributed by atoms with Crippen LogP contribution in [0, 0.1) is 6.92 Å². The smallest absolute Gasteiger partial charge is 0.290 e. The third-order valence-corrected chi connectivity index (χ3v) is 4.86. The average Bonchev–Trinajstić information content (AvgIpc) is 3.30. The Kier molecular flexibility index (Phi) is 4.57. The van der Waals surface area contributed by atoms with Gasteiger partial charge in [-0.25, -0.2) is 4.68 Å². The van der Waals surface area contributed by atoms with Crippen LogP contribution in [0.15, 0.2) is 48.5 Å². The molecule has 1 aliphatic rings. The van der Waals surface area contributed by atoms with Crippen molar-refractivity contribution in [3.05, 3.63) is 76.6 Å². The molecule has 0 bridgehead atoms. The third kappa shape index (κ3) is 3.22. The minimum Gasteiger partial charge on any atom is -0.507 e. The molecule has 0 fully saturated rings. The van der Waals surface area contributed by atoms with Gasteiger partial charge in [-0.1, -0.05) is 29.8 Å². The van der Waals surface area contributed by atoms with E-state index in [1.807, 2.05) is 35.9 Å². The summed E-state index contributed by atoms with van der Waals surface area (Å²) >= 11 is 0. The molecule has 1 aliphatic carbocycles. The predicted octanol–water partition coefficient (Wildman–Crippen LogP) is 2.45. The molecule has 0 aliphatic heterocycles. The van der Waals surface area contributed by atoms with Crippen LogP contribution in [-0.4, -0.2) is 26.7 Å². The van der Waals surface area contributed by atoms with E-state index in [4.69, 9.17) is 0 Å². The van der Waals surface area contributed by atoms with Crippen LogP contribution in [0.2, 0.25) is 0 Å². The first-order valence-corrected chi connectivity index (χ1v) is 9.11. The maximum atomic E-state index is 12.7. The van der Waals surface area contributed by atoms with Crippen molar-refractivity contribution in [2.45, 2.75) is 26.2 Å². The summed E-state index contributed by atoms with van der Waals surface area (Å²) in [7, 11) is 0. The lowest BCUT2D eigenvalue weighted by atomic mass is 10.2.